The zero-order chi connectivity index (χ0) is 23.8. The van der Waals surface area contributed by atoms with E-state index in [-0.39, 0.29) is 12.0 Å². The standard InChI is InChI=1S/C25H37ClN4O3/c1-4-21(26)12-18(2)16-33-17-29-10-7-11-30-23(15-29)14-24(28-30)19(3)27-22-9-6-5-8-20(13-22)25(31)32/h4,12,14,20,22H,5-11,13,15-17H2,1-3H3,(H,31,32). The van der Waals surface area contributed by atoms with Gasteiger partial charge in [-0.15, -0.1) is 0 Å². The van der Waals surface area contributed by atoms with E-state index in [1.54, 1.807) is 0 Å². The van der Waals surface area contributed by atoms with Crippen LogP contribution in [-0.4, -0.2) is 57.4 Å². The largest absolute Gasteiger partial charge is 0.481 e. The first kappa shape index (κ1) is 25.7. The molecular formula is C25H37ClN4O3. The van der Waals surface area contributed by atoms with Gasteiger partial charge in [0.25, 0.3) is 0 Å². The minimum absolute atomic E-state index is 0.0624. The lowest BCUT2D eigenvalue weighted by molar-refractivity contribution is -0.142. The van der Waals surface area contributed by atoms with Crippen molar-refractivity contribution in [2.45, 2.75) is 78.4 Å². The number of nitrogens with zero attached hydrogens (tertiary/aromatic N) is 4. The summed E-state index contributed by atoms with van der Waals surface area (Å²) < 4.78 is 8.00. The lowest BCUT2D eigenvalue weighted by atomic mass is 9.98. The van der Waals surface area contributed by atoms with Gasteiger partial charge in [0.15, 0.2) is 0 Å². The van der Waals surface area contributed by atoms with E-state index in [1.165, 1.54) is 0 Å². The molecule has 1 aromatic rings. The summed E-state index contributed by atoms with van der Waals surface area (Å²) in [6.07, 6.45) is 9.15. The maximum Gasteiger partial charge on any atom is 0.306 e. The van der Waals surface area contributed by atoms with E-state index in [9.17, 15) is 9.90 Å². The Balaban J connectivity index is 1.60. The number of aliphatic carboxylic acids is 1. The first-order valence-electron chi connectivity index (χ1n) is 12.0. The number of rotatable bonds is 8. The molecule has 0 aromatic carbocycles. The van der Waals surface area contributed by atoms with Crippen LogP contribution < -0.4 is 0 Å². The van der Waals surface area contributed by atoms with E-state index in [1.807, 2.05) is 32.9 Å². The number of aromatic nitrogens is 2. The second kappa shape index (κ2) is 12.5. The van der Waals surface area contributed by atoms with Crippen molar-refractivity contribution < 1.29 is 14.6 Å². The quantitative estimate of drug-likeness (QED) is 0.324. The smallest absolute Gasteiger partial charge is 0.306 e. The number of carboxylic acids is 1. The number of allylic oxidation sites excluding steroid dienone is 3. The topological polar surface area (TPSA) is 80.0 Å². The monoisotopic (exact) mass is 476 g/mol. The molecule has 2 heterocycles. The van der Waals surface area contributed by atoms with Crippen LogP contribution >= 0.6 is 11.6 Å². The number of ether oxygens (including phenoxy) is 1. The molecule has 2 aliphatic rings. The number of carboxylic acid groups (broad SMARTS) is 1. The summed E-state index contributed by atoms with van der Waals surface area (Å²) in [4.78, 5) is 18.7. The van der Waals surface area contributed by atoms with Crippen molar-refractivity contribution in [1.82, 2.24) is 14.7 Å². The summed E-state index contributed by atoms with van der Waals surface area (Å²) in [5.41, 5.74) is 4.05. The van der Waals surface area contributed by atoms with Crippen LogP contribution in [0.1, 0.15) is 70.7 Å². The molecule has 0 radical (unpaired) electrons. The lowest BCUT2D eigenvalue weighted by Gasteiger charge is -2.19. The number of hydrogen-bond donors (Lipinski definition) is 1. The Labute approximate surface area is 202 Å². The summed E-state index contributed by atoms with van der Waals surface area (Å²) in [7, 11) is 0. The molecule has 1 aliphatic heterocycles. The van der Waals surface area contributed by atoms with Gasteiger partial charge in [-0.3, -0.25) is 19.4 Å². The van der Waals surface area contributed by atoms with Crippen molar-refractivity contribution in [3.05, 3.63) is 40.2 Å². The van der Waals surface area contributed by atoms with Gasteiger partial charge < -0.3 is 9.84 Å². The molecule has 0 spiro atoms. The minimum Gasteiger partial charge on any atom is -0.481 e. The van der Waals surface area contributed by atoms with Gasteiger partial charge in [-0.1, -0.05) is 30.5 Å². The summed E-state index contributed by atoms with van der Waals surface area (Å²) in [6.45, 7) is 9.66. The maximum absolute atomic E-state index is 11.5. The average molecular weight is 477 g/mol. The van der Waals surface area contributed by atoms with Crippen LogP contribution in [0.4, 0.5) is 0 Å². The molecule has 1 aliphatic carbocycles. The summed E-state index contributed by atoms with van der Waals surface area (Å²) >= 11 is 6.06. The van der Waals surface area contributed by atoms with Crippen molar-refractivity contribution in [3.63, 3.8) is 0 Å². The van der Waals surface area contributed by atoms with Crippen molar-refractivity contribution >= 4 is 23.3 Å². The highest BCUT2D eigenvalue weighted by atomic mass is 35.5. The molecule has 0 amide bonds. The first-order chi connectivity index (χ1) is 15.9. The Morgan fingerprint density at radius 3 is 2.85 bits per heavy atom. The molecular weight excluding hydrogens is 440 g/mol. The lowest BCUT2D eigenvalue weighted by Crippen LogP contribution is -2.26. The Morgan fingerprint density at radius 1 is 1.30 bits per heavy atom. The molecule has 0 bridgehead atoms. The van der Waals surface area contributed by atoms with Crippen molar-refractivity contribution in [2.75, 3.05) is 19.9 Å². The normalized spacial score (nSPS) is 23.7. The highest BCUT2D eigenvalue weighted by Gasteiger charge is 2.25. The molecule has 1 fully saturated rings. The van der Waals surface area contributed by atoms with Gasteiger partial charge in [0.05, 0.1) is 36.7 Å². The van der Waals surface area contributed by atoms with Crippen LogP contribution in [0.2, 0.25) is 0 Å². The number of aryl methyl sites for hydroxylation is 1. The number of hydrogen-bond acceptors (Lipinski definition) is 5. The fraction of sp³-hybridized carbons (Fsp3) is 0.640. The molecule has 0 saturated heterocycles. The van der Waals surface area contributed by atoms with Gasteiger partial charge in [-0.2, -0.15) is 5.10 Å². The third-order valence-electron chi connectivity index (χ3n) is 6.35. The average Bonchev–Trinajstić information content (AvgIpc) is 2.92. The zero-order valence-electron chi connectivity index (χ0n) is 20.1. The maximum atomic E-state index is 11.5. The van der Waals surface area contributed by atoms with Gasteiger partial charge in [-0.05, 0) is 64.2 Å². The molecule has 7 nitrogen and oxygen atoms in total. The highest BCUT2D eigenvalue weighted by molar-refractivity contribution is 6.31. The van der Waals surface area contributed by atoms with E-state index in [0.29, 0.717) is 19.8 Å². The van der Waals surface area contributed by atoms with Crippen molar-refractivity contribution in [2.24, 2.45) is 10.9 Å². The van der Waals surface area contributed by atoms with E-state index in [4.69, 9.17) is 26.4 Å². The Hall–Kier alpha value is -1.96. The second-order valence-electron chi connectivity index (χ2n) is 9.22. The van der Waals surface area contributed by atoms with Crippen LogP contribution in [-0.2, 0) is 22.6 Å². The number of halogens is 1. The number of aliphatic imine (C=N–C) groups is 1. The third kappa shape index (κ3) is 7.80. The molecule has 1 saturated carbocycles. The Bertz CT molecular complexity index is 905. The molecule has 2 atom stereocenters. The number of fused-ring (bicyclic) bond motifs is 1. The third-order valence-corrected chi connectivity index (χ3v) is 6.68. The molecule has 33 heavy (non-hydrogen) atoms. The molecule has 3 rings (SSSR count). The molecule has 2 unspecified atom stereocenters. The summed E-state index contributed by atoms with van der Waals surface area (Å²) in [6, 6.07) is 2.19. The van der Waals surface area contributed by atoms with Crippen LogP contribution in [0.5, 0.6) is 0 Å². The Morgan fingerprint density at radius 2 is 2.09 bits per heavy atom. The van der Waals surface area contributed by atoms with Gasteiger partial charge in [-0.25, -0.2) is 0 Å². The van der Waals surface area contributed by atoms with Gasteiger partial charge in [0.2, 0.25) is 0 Å². The number of carbonyl (C=O) groups is 1. The predicted octanol–water partition coefficient (Wildman–Crippen LogP) is 4.99. The fourth-order valence-electron chi connectivity index (χ4n) is 4.53. The van der Waals surface area contributed by atoms with Crippen LogP contribution in [0, 0.1) is 5.92 Å². The van der Waals surface area contributed by atoms with E-state index >= 15 is 0 Å². The molecule has 8 heteroatoms. The Kier molecular flexibility index (Phi) is 9.71. The minimum atomic E-state index is -0.693. The van der Waals surface area contributed by atoms with E-state index < -0.39 is 5.97 Å². The van der Waals surface area contributed by atoms with E-state index in [2.05, 4.69) is 15.6 Å². The molecule has 182 valence electrons. The predicted molar refractivity (Wildman–Crippen MR) is 132 cm³/mol. The second-order valence-corrected chi connectivity index (χ2v) is 9.65. The van der Waals surface area contributed by atoms with Crippen molar-refractivity contribution in [3.8, 4) is 0 Å². The fourth-order valence-corrected chi connectivity index (χ4v) is 4.71. The first-order valence-corrected chi connectivity index (χ1v) is 12.4. The zero-order valence-corrected chi connectivity index (χ0v) is 20.9. The van der Waals surface area contributed by atoms with Crippen LogP contribution in [0.25, 0.3) is 0 Å². The van der Waals surface area contributed by atoms with E-state index in [0.717, 1.165) is 79.4 Å². The van der Waals surface area contributed by atoms with Crippen LogP contribution in [0.3, 0.4) is 0 Å². The van der Waals surface area contributed by atoms with Gasteiger partial charge in [0, 0.05) is 24.7 Å². The summed E-state index contributed by atoms with van der Waals surface area (Å²) in [5.74, 6) is -0.977. The highest BCUT2D eigenvalue weighted by Crippen LogP contribution is 2.26. The van der Waals surface area contributed by atoms with Crippen molar-refractivity contribution in [1.29, 1.82) is 0 Å². The van der Waals surface area contributed by atoms with Gasteiger partial charge >= 0.3 is 5.97 Å². The van der Waals surface area contributed by atoms with Crippen LogP contribution in [0.15, 0.2) is 33.8 Å². The molecule has 1 aromatic heterocycles. The molecule has 1 N–H and O–H groups in total. The van der Waals surface area contributed by atoms with Gasteiger partial charge in [0.1, 0.15) is 5.69 Å². The SMILES string of the molecule is CC=C(Cl)C=C(C)COCN1CCCn2nc(C(C)=NC3CCCCC(C(=O)O)C3)cc2C1. The summed E-state index contributed by atoms with van der Waals surface area (Å²) in [5, 5.41) is 15.0.